The molecule has 3 fully saturated rings. The highest BCUT2D eigenvalue weighted by Gasteiger charge is 2.70. The Morgan fingerprint density at radius 3 is 2.48 bits per heavy atom. The molecule has 5 heteroatoms. The number of ether oxygens (including phenoxy) is 1. The van der Waals surface area contributed by atoms with Crippen LogP contribution in [0.3, 0.4) is 0 Å². The standard InChI is InChI=1S/C18H23NO4/c1-12(2)7-13-5-3-4-6-14(13)8-19-15(20)18-9-17(10-18,11-23-18)16(21)22/h3-6,12H,7-11H2,1-2H3,(H,19,20)(H,21,22). The number of hydrogen-bond acceptors (Lipinski definition) is 3. The molecule has 2 N–H and O–H groups in total. The first-order chi connectivity index (χ1) is 10.9. The molecule has 0 radical (unpaired) electrons. The number of amides is 1. The lowest BCUT2D eigenvalue weighted by molar-refractivity contribution is -0.158. The summed E-state index contributed by atoms with van der Waals surface area (Å²) in [5.74, 6) is -0.502. The van der Waals surface area contributed by atoms with Gasteiger partial charge >= 0.3 is 5.97 Å². The molecule has 1 amide bonds. The maximum absolute atomic E-state index is 12.4. The fraction of sp³-hybridized carbons (Fsp3) is 0.556. The maximum Gasteiger partial charge on any atom is 0.312 e. The smallest absolute Gasteiger partial charge is 0.312 e. The van der Waals surface area contributed by atoms with Crippen molar-refractivity contribution >= 4 is 11.9 Å². The van der Waals surface area contributed by atoms with Gasteiger partial charge in [-0.3, -0.25) is 9.59 Å². The summed E-state index contributed by atoms with van der Waals surface area (Å²) in [5, 5.41) is 12.2. The van der Waals surface area contributed by atoms with Crippen LogP contribution in [0.15, 0.2) is 24.3 Å². The zero-order valence-corrected chi connectivity index (χ0v) is 13.6. The van der Waals surface area contributed by atoms with Crippen molar-refractivity contribution in [3.63, 3.8) is 0 Å². The Bertz CT molecular complexity index is 632. The number of hydrogen-bond donors (Lipinski definition) is 2. The van der Waals surface area contributed by atoms with Crippen LogP contribution in [-0.4, -0.2) is 29.2 Å². The van der Waals surface area contributed by atoms with E-state index in [1.54, 1.807) is 0 Å². The number of benzene rings is 1. The summed E-state index contributed by atoms with van der Waals surface area (Å²) in [6.45, 7) is 4.92. The Labute approximate surface area is 136 Å². The van der Waals surface area contributed by atoms with E-state index >= 15 is 0 Å². The molecule has 5 nitrogen and oxygen atoms in total. The van der Waals surface area contributed by atoms with Crippen molar-refractivity contribution in [1.82, 2.24) is 5.32 Å². The Balaban J connectivity index is 1.62. The molecule has 124 valence electrons. The van der Waals surface area contributed by atoms with Crippen LogP contribution in [0.4, 0.5) is 0 Å². The van der Waals surface area contributed by atoms with Gasteiger partial charge in [0, 0.05) is 19.4 Å². The molecule has 0 aromatic heterocycles. The average molecular weight is 317 g/mol. The summed E-state index contributed by atoms with van der Waals surface area (Å²) in [6, 6.07) is 8.08. The van der Waals surface area contributed by atoms with Gasteiger partial charge in [-0.1, -0.05) is 38.1 Å². The van der Waals surface area contributed by atoms with Gasteiger partial charge in [-0.15, -0.1) is 0 Å². The fourth-order valence-electron chi connectivity index (χ4n) is 3.67. The second kappa shape index (κ2) is 5.64. The molecule has 23 heavy (non-hydrogen) atoms. The average Bonchev–Trinajstić information content (AvgIpc) is 3.03. The zero-order valence-electron chi connectivity index (χ0n) is 13.6. The summed E-state index contributed by atoms with van der Waals surface area (Å²) in [5.41, 5.74) is 0.576. The predicted octanol–water partition coefficient (Wildman–Crippen LogP) is 2.14. The molecule has 4 rings (SSSR count). The van der Waals surface area contributed by atoms with Gasteiger partial charge in [0.25, 0.3) is 5.91 Å². The molecule has 0 spiro atoms. The molecule has 1 aliphatic carbocycles. The van der Waals surface area contributed by atoms with Crippen molar-refractivity contribution < 1.29 is 19.4 Å². The Hall–Kier alpha value is -1.88. The lowest BCUT2D eigenvalue weighted by Gasteiger charge is -2.40. The minimum Gasteiger partial charge on any atom is -0.481 e. The lowest BCUT2D eigenvalue weighted by atomic mass is 9.62. The molecular weight excluding hydrogens is 294 g/mol. The third-order valence-electron chi connectivity index (χ3n) is 4.93. The predicted molar refractivity (Wildman–Crippen MR) is 84.8 cm³/mol. The van der Waals surface area contributed by atoms with Crippen molar-refractivity contribution in [3.8, 4) is 0 Å². The van der Waals surface area contributed by atoms with Gasteiger partial charge in [-0.25, -0.2) is 0 Å². The monoisotopic (exact) mass is 317 g/mol. The minimum atomic E-state index is -0.925. The topological polar surface area (TPSA) is 75.6 Å². The zero-order chi connectivity index (χ0) is 16.7. The van der Waals surface area contributed by atoms with Crippen LogP contribution in [0.25, 0.3) is 0 Å². The van der Waals surface area contributed by atoms with Crippen molar-refractivity contribution in [2.75, 3.05) is 6.61 Å². The Morgan fingerprint density at radius 1 is 1.26 bits per heavy atom. The number of fused-ring (bicyclic) bond motifs is 1. The van der Waals surface area contributed by atoms with Gasteiger partial charge < -0.3 is 15.2 Å². The quantitative estimate of drug-likeness (QED) is 0.843. The first-order valence-electron chi connectivity index (χ1n) is 8.09. The van der Waals surface area contributed by atoms with Gasteiger partial charge in [0.15, 0.2) is 0 Å². The van der Waals surface area contributed by atoms with Crippen LogP contribution in [0.1, 0.15) is 37.8 Å². The number of carbonyl (C=O) groups is 2. The lowest BCUT2D eigenvalue weighted by Crippen LogP contribution is -2.57. The van der Waals surface area contributed by atoms with Crippen LogP contribution >= 0.6 is 0 Å². The number of rotatable bonds is 6. The van der Waals surface area contributed by atoms with Crippen LogP contribution in [-0.2, 0) is 27.3 Å². The van der Waals surface area contributed by atoms with Crippen molar-refractivity contribution in [2.24, 2.45) is 11.3 Å². The summed E-state index contributed by atoms with van der Waals surface area (Å²) >= 11 is 0. The Kier molecular flexibility index (Phi) is 3.92. The van der Waals surface area contributed by atoms with Gasteiger partial charge in [0.05, 0.1) is 12.0 Å². The van der Waals surface area contributed by atoms with Crippen molar-refractivity contribution in [3.05, 3.63) is 35.4 Å². The van der Waals surface area contributed by atoms with E-state index in [0.717, 1.165) is 12.0 Å². The highest BCUT2D eigenvalue weighted by atomic mass is 16.5. The summed E-state index contributed by atoms with van der Waals surface area (Å²) in [6.07, 6.45) is 1.54. The van der Waals surface area contributed by atoms with Crippen LogP contribution in [0, 0.1) is 11.3 Å². The van der Waals surface area contributed by atoms with E-state index in [1.165, 1.54) is 5.56 Å². The molecule has 1 aromatic carbocycles. The van der Waals surface area contributed by atoms with Gasteiger partial charge in [-0.2, -0.15) is 0 Å². The fourth-order valence-corrected chi connectivity index (χ4v) is 3.67. The number of carboxylic acid groups (broad SMARTS) is 1. The summed E-state index contributed by atoms with van der Waals surface area (Å²) < 4.78 is 5.53. The molecule has 2 saturated heterocycles. The molecule has 0 atom stereocenters. The van der Waals surface area contributed by atoms with Crippen LogP contribution in [0.2, 0.25) is 0 Å². The van der Waals surface area contributed by atoms with Crippen molar-refractivity contribution in [2.45, 2.75) is 45.3 Å². The summed E-state index contributed by atoms with van der Waals surface area (Å²) in [7, 11) is 0. The highest BCUT2D eigenvalue weighted by Crippen LogP contribution is 2.58. The minimum absolute atomic E-state index is 0.139. The van der Waals surface area contributed by atoms with Gasteiger partial charge in [0.2, 0.25) is 0 Å². The maximum atomic E-state index is 12.4. The second-order valence-electron chi connectivity index (χ2n) is 7.27. The molecule has 1 saturated carbocycles. The second-order valence-corrected chi connectivity index (χ2v) is 7.27. The van der Waals surface area contributed by atoms with E-state index in [4.69, 9.17) is 4.74 Å². The third-order valence-corrected chi connectivity index (χ3v) is 4.93. The number of carboxylic acids is 1. The van der Waals surface area contributed by atoms with Crippen LogP contribution < -0.4 is 5.32 Å². The molecule has 1 aromatic rings. The number of nitrogens with one attached hydrogen (secondary N) is 1. The van der Waals surface area contributed by atoms with Gasteiger partial charge in [-0.05, 0) is 23.5 Å². The van der Waals surface area contributed by atoms with E-state index in [9.17, 15) is 14.7 Å². The molecule has 0 unspecified atom stereocenters. The molecule has 2 heterocycles. The molecule has 2 aliphatic heterocycles. The first-order valence-corrected chi connectivity index (χ1v) is 8.09. The van der Waals surface area contributed by atoms with E-state index in [2.05, 4.69) is 25.2 Å². The first kappa shape index (κ1) is 16.0. The molecular formula is C18H23NO4. The van der Waals surface area contributed by atoms with E-state index in [-0.39, 0.29) is 25.4 Å². The van der Waals surface area contributed by atoms with E-state index in [1.807, 2.05) is 18.2 Å². The SMILES string of the molecule is CC(C)Cc1ccccc1CNC(=O)C12CC(C(=O)O)(CO1)C2. The largest absolute Gasteiger partial charge is 0.481 e. The number of aliphatic carboxylic acids is 1. The van der Waals surface area contributed by atoms with E-state index in [0.29, 0.717) is 12.5 Å². The van der Waals surface area contributed by atoms with Gasteiger partial charge in [0.1, 0.15) is 5.60 Å². The molecule has 2 bridgehead atoms. The highest BCUT2D eigenvalue weighted by molar-refractivity contribution is 5.92. The van der Waals surface area contributed by atoms with E-state index < -0.39 is 17.0 Å². The van der Waals surface area contributed by atoms with Crippen molar-refractivity contribution in [1.29, 1.82) is 0 Å². The normalized spacial score (nSPS) is 28.5. The Morgan fingerprint density at radius 2 is 1.91 bits per heavy atom. The summed E-state index contributed by atoms with van der Waals surface area (Å²) in [4.78, 5) is 23.7. The molecule has 3 aliphatic rings. The number of carbonyl (C=O) groups excluding carboxylic acids is 1. The van der Waals surface area contributed by atoms with Crippen LogP contribution in [0.5, 0.6) is 0 Å². The third kappa shape index (κ3) is 2.74.